The lowest BCUT2D eigenvalue weighted by Crippen LogP contribution is -2.47. The summed E-state index contributed by atoms with van der Waals surface area (Å²) in [6.07, 6.45) is 4.14. The molecule has 2 amide bonds. The lowest BCUT2D eigenvalue weighted by Gasteiger charge is -2.22. The van der Waals surface area contributed by atoms with Crippen LogP contribution in [0.15, 0.2) is 38.8 Å². The smallest absolute Gasteiger partial charge is 0.408 e. The molecule has 0 saturated heterocycles. The summed E-state index contributed by atoms with van der Waals surface area (Å²) in [6.45, 7) is 7.10. The number of carbonyl (C=O) groups is 2. The second-order valence-corrected chi connectivity index (χ2v) is 8.72. The summed E-state index contributed by atoms with van der Waals surface area (Å²) < 4.78 is 10.7. The van der Waals surface area contributed by atoms with Crippen molar-refractivity contribution in [1.82, 2.24) is 10.7 Å². The van der Waals surface area contributed by atoms with Gasteiger partial charge in [-0.2, -0.15) is 16.9 Å². The number of aryl methyl sites for hydroxylation is 1. The van der Waals surface area contributed by atoms with E-state index >= 15 is 0 Å². The number of fused-ring (bicyclic) bond motifs is 1. The first-order valence-electron chi connectivity index (χ1n) is 9.44. The minimum Gasteiger partial charge on any atom is -0.463 e. The minimum atomic E-state index is -0.819. The molecule has 1 heterocycles. The molecule has 0 saturated carbocycles. The van der Waals surface area contributed by atoms with Gasteiger partial charge in [0.25, 0.3) is 5.91 Å². The Morgan fingerprint density at radius 1 is 1.33 bits per heavy atom. The molecule has 9 heteroatoms. The average Bonchev–Trinajstić information content (AvgIpc) is 2.65. The normalized spacial score (nSPS) is 12.7. The summed E-state index contributed by atoms with van der Waals surface area (Å²) in [5.41, 5.74) is 3.06. The number of alkyl carbamates (subject to hydrolysis) is 1. The Morgan fingerprint density at radius 2 is 2.07 bits per heavy atom. The zero-order valence-corrected chi connectivity index (χ0v) is 18.6. The molecule has 0 aliphatic heterocycles. The molecular formula is C21H27N3O5S. The zero-order chi connectivity index (χ0) is 22.3. The number of hydrazone groups is 1. The van der Waals surface area contributed by atoms with Crippen molar-refractivity contribution >= 4 is 40.9 Å². The first-order valence-corrected chi connectivity index (χ1v) is 10.8. The molecule has 162 valence electrons. The van der Waals surface area contributed by atoms with Gasteiger partial charge in [-0.3, -0.25) is 9.59 Å². The summed E-state index contributed by atoms with van der Waals surface area (Å²) >= 11 is 1.55. The predicted molar refractivity (Wildman–Crippen MR) is 119 cm³/mol. The van der Waals surface area contributed by atoms with Crippen molar-refractivity contribution in [3.63, 3.8) is 0 Å². The molecular weight excluding hydrogens is 406 g/mol. The third kappa shape index (κ3) is 6.91. The van der Waals surface area contributed by atoms with E-state index in [9.17, 15) is 14.4 Å². The SMILES string of the molecule is CSCCC(NC(=O)OC(C)(C)C)C(=O)NN=Cc1coc2ccc(C)cc2c1=O. The van der Waals surface area contributed by atoms with Crippen LogP contribution in [0.25, 0.3) is 11.0 Å². The lowest BCUT2D eigenvalue weighted by molar-refractivity contribution is -0.123. The molecule has 0 aliphatic carbocycles. The second kappa shape index (κ2) is 10.3. The Balaban J connectivity index is 2.09. The number of carbonyl (C=O) groups excluding carboxylic acids is 2. The first kappa shape index (κ1) is 23.5. The van der Waals surface area contributed by atoms with Crippen LogP contribution < -0.4 is 16.2 Å². The molecule has 0 radical (unpaired) electrons. The molecule has 0 spiro atoms. The number of hydrogen-bond acceptors (Lipinski definition) is 7. The number of benzene rings is 1. The molecule has 30 heavy (non-hydrogen) atoms. The zero-order valence-electron chi connectivity index (χ0n) is 17.8. The van der Waals surface area contributed by atoms with E-state index in [0.29, 0.717) is 23.1 Å². The number of thioether (sulfide) groups is 1. The Bertz CT molecular complexity index is 994. The number of ether oxygens (including phenoxy) is 1. The van der Waals surface area contributed by atoms with E-state index in [4.69, 9.17) is 9.15 Å². The van der Waals surface area contributed by atoms with Crippen molar-refractivity contribution in [2.45, 2.75) is 45.8 Å². The lowest BCUT2D eigenvalue weighted by atomic mass is 10.1. The molecule has 8 nitrogen and oxygen atoms in total. The van der Waals surface area contributed by atoms with Crippen molar-refractivity contribution in [2.75, 3.05) is 12.0 Å². The quantitative estimate of drug-likeness (QED) is 0.513. The first-order chi connectivity index (χ1) is 14.1. The van der Waals surface area contributed by atoms with Crippen LogP contribution >= 0.6 is 11.8 Å². The van der Waals surface area contributed by atoms with Crippen LogP contribution in [-0.2, 0) is 9.53 Å². The van der Waals surface area contributed by atoms with Crippen LogP contribution in [0, 0.1) is 6.92 Å². The van der Waals surface area contributed by atoms with Gasteiger partial charge in [0, 0.05) is 0 Å². The van der Waals surface area contributed by atoms with Crippen molar-refractivity contribution in [3.05, 3.63) is 45.8 Å². The highest BCUT2D eigenvalue weighted by molar-refractivity contribution is 7.98. The van der Waals surface area contributed by atoms with E-state index in [1.165, 1.54) is 12.5 Å². The fourth-order valence-electron chi connectivity index (χ4n) is 2.55. The number of amides is 2. The summed E-state index contributed by atoms with van der Waals surface area (Å²) in [6, 6.07) is 4.50. The topological polar surface area (TPSA) is 110 Å². The van der Waals surface area contributed by atoms with Gasteiger partial charge in [-0.25, -0.2) is 10.2 Å². The van der Waals surface area contributed by atoms with Gasteiger partial charge in [0.15, 0.2) is 0 Å². The third-order valence-electron chi connectivity index (χ3n) is 3.95. The van der Waals surface area contributed by atoms with Crippen molar-refractivity contribution in [2.24, 2.45) is 5.10 Å². The minimum absolute atomic E-state index is 0.203. The molecule has 1 aromatic carbocycles. The van der Waals surface area contributed by atoms with E-state index in [2.05, 4.69) is 15.8 Å². The Labute approximate surface area is 179 Å². The maximum Gasteiger partial charge on any atom is 0.408 e. The fourth-order valence-corrected chi connectivity index (χ4v) is 3.02. The number of nitrogens with zero attached hydrogens (tertiary/aromatic N) is 1. The van der Waals surface area contributed by atoms with Gasteiger partial charge in [-0.15, -0.1) is 0 Å². The number of hydrogen-bond donors (Lipinski definition) is 2. The number of nitrogens with one attached hydrogen (secondary N) is 2. The van der Waals surface area contributed by atoms with Crippen LogP contribution in [0.2, 0.25) is 0 Å². The monoisotopic (exact) mass is 433 g/mol. The molecule has 2 aromatic rings. The maximum absolute atomic E-state index is 12.6. The summed E-state index contributed by atoms with van der Waals surface area (Å²) in [7, 11) is 0. The van der Waals surface area contributed by atoms with Crippen molar-refractivity contribution in [3.8, 4) is 0 Å². The Kier molecular flexibility index (Phi) is 8.05. The highest BCUT2D eigenvalue weighted by Crippen LogP contribution is 2.12. The largest absolute Gasteiger partial charge is 0.463 e. The van der Waals surface area contributed by atoms with Crippen molar-refractivity contribution in [1.29, 1.82) is 0 Å². The summed E-state index contributed by atoms with van der Waals surface area (Å²) in [4.78, 5) is 37.1. The molecule has 1 atom stereocenters. The van der Waals surface area contributed by atoms with E-state index < -0.39 is 23.6 Å². The standard InChI is InChI=1S/C21H27N3O5S/c1-13-6-7-17-15(10-13)18(25)14(12-28-17)11-22-24-19(26)16(8-9-30-5)23-20(27)29-21(2,3)4/h6-7,10-12,16H,8-9H2,1-5H3,(H,23,27)(H,24,26). The van der Waals surface area contributed by atoms with Gasteiger partial charge in [-0.1, -0.05) is 11.6 Å². The predicted octanol–water partition coefficient (Wildman–Crippen LogP) is 3.20. The third-order valence-corrected chi connectivity index (χ3v) is 4.60. The summed E-state index contributed by atoms with van der Waals surface area (Å²) in [5.74, 6) is 0.151. The molecule has 1 aromatic heterocycles. The van der Waals surface area contributed by atoms with Crippen LogP contribution in [0.3, 0.4) is 0 Å². The molecule has 0 bridgehead atoms. The summed E-state index contributed by atoms with van der Waals surface area (Å²) in [5, 5.41) is 6.86. The van der Waals surface area contributed by atoms with Crippen LogP contribution in [0.1, 0.15) is 38.3 Å². The molecule has 2 N–H and O–H groups in total. The highest BCUT2D eigenvalue weighted by atomic mass is 32.2. The van der Waals surface area contributed by atoms with Gasteiger partial charge < -0.3 is 14.5 Å². The van der Waals surface area contributed by atoms with Crippen LogP contribution in [0.4, 0.5) is 4.79 Å². The van der Waals surface area contributed by atoms with E-state index in [1.807, 2.05) is 19.2 Å². The molecule has 0 fully saturated rings. The molecule has 1 unspecified atom stereocenters. The van der Waals surface area contributed by atoms with Gasteiger partial charge >= 0.3 is 6.09 Å². The second-order valence-electron chi connectivity index (χ2n) is 7.73. The van der Waals surface area contributed by atoms with Gasteiger partial charge in [-0.05, 0) is 58.3 Å². The van der Waals surface area contributed by atoms with Crippen LogP contribution in [0.5, 0.6) is 0 Å². The van der Waals surface area contributed by atoms with Gasteiger partial charge in [0.1, 0.15) is 23.5 Å². The van der Waals surface area contributed by atoms with Crippen molar-refractivity contribution < 1.29 is 18.7 Å². The van der Waals surface area contributed by atoms with Crippen LogP contribution in [-0.4, -0.2) is 41.9 Å². The average molecular weight is 434 g/mol. The fraction of sp³-hybridized carbons (Fsp3) is 0.429. The Hall–Kier alpha value is -2.81. The molecule has 2 rings (SSSR count). The van der Waals surface area contributed by atoms with E-state index in [0.717, 1.165) is 5.56 Å². The van der Waals surface area contributed by atoms with E-state index in [-0.39, 0.29) is 11.0 Å². The number of rotatable bonds is 7. The van der Waals surface area contributed by atoms with Gasteiger partial charge in [0.2, 0.25) is 5.43 Å². The Morgan fingerprint density at radius 3 is 2.73 bits per heavy atom. The molecule has 0 aliphatic rings. The highest BCUT2D eigenvalue weighted by Gasteiger charge is 2.24. The van der Waals surface area contributed by atoms with Gasteiger partial charge in [0.05, 0.1) is 17.2 Å². The maximum atomic E-state index is 12.6. The van der Waals surface area contributed by atoms with E-state index in [1.54, 1.807) is 44.7 Å².